The Morgan fingerprint density at radius 2 is 2.00 bits per heavy atom. The second-order valence-electron chi connectivity index (χ2n) is 3.93. The lowest BCUT2D eigenvalue weighted by atomic mass is 10.2. The third-order valence-electron chi connectivity index (χ3n) is 2.56. The minimum Gasteiger partial charge on any atom is -0.319 e. The number of anilines is 2. The van der Waals surface area contributed by atoms with Crippen LogP contribution in [-0.4, -0.2) is 10.9 Å². The topological polar surface area (TPSA) is 104 Å². The second kappa shape index (κ2) is 6.41. The Morgan fingerprint density at radius 1 is 1.24 bits per heavy atom. The van der Waals surface area contributed by atoms with Gasteiger partial charge in [-0.3, -0.25) is 4.79 Å². The van der Waals surface area contributed by atoms with Crippen LogP contribution < -0.4 is 16.6 Å². The highest BCUT2D eigenvalue weighted by Gasteiger charge is 2.15. The predicted octanol–water partition coefficient (Wildman–Crippen LogP) is 2.80. The molecule has 106 valence electrons. The fourth-order valence-corrected chi connectivity index (χ4v) is 1.97. The molecule has 0 bridgehead atoms. The fraction of sp³-hybridized carbons (Fsp3) is 0. The first-order valence-corrected chi connectivity index (χ1v) is 6.45. The van der Waals surface area contributed by atoms with Crippen LogP contribution in [0.5, 0.6) is 0 Å². The summed E-state index contributed by atoms with van der Waals surface area (Å²) >= 11 is 11.9. The maximum atomic E-state index is 12.2. The molecule has 1 aromatic carbocycles. The van der Waals surface area contributed by atoms with Gasteiger partial charge < -0.3 is 10.7 Å². The van der Waals surface area contributed by atoms with E-state index in [2.05, 4.69) is 15.7 Å². The first-order valence-electron chi connectivity index (χ1n) is 5.69. The van der Waals surface area contributed by atoms with E-state index in [-0.39, 0.29) is 15.7 Å². The fourth-order valence-electron chi connectivity index (χ4n) is 1.55. The highest BCUT2D eigenvalue weighted by atomic mass is 35.5. The lowest BCUT2D eigenvalue weighted by molar-refractivity contribution is 0.102. The van der Waals surface area contributed by atoms with Crippen molar-refractivity contribution in [2.75, 3.05) is 10.7 Å². The molecule has 21 heavy (non-hydrogen) atoms. The molecule has 0 radical (unpaired) electrons. The van der Waals surface area contributed by atoms with Crippen LogP contribution in [0.15, 0.2) is 30.3 Å². The highest BCUT2D eigenvalue weighted by molar-refractivity contribution is 6.35. The summed E-state index contributed by atoms with van der Waals surface area (Å²) in [5, 5.41) is 11.8. The molecule has 4 N–H and O–H groups in total. The summed E-state index contributed by atoms with van der Waals surface area (Å²) in [4.78, 5) is 16.1. The minimum atomic E-state index is -0.538. The van der Waals surface area contributed by atoms with E-state index in [1.165, 1.54) is 30.3 Å². The van der Waals surface area contributed by atoms with Gasteiger partial charge in [0.15, 0.2) is 0 Å². The van der Waals surface area contributed by atoms with Crippen LogP contribution in [0.4, 0.5) is 11.5 Å². The monoisotopic (exact) mass is 321 g/mol. The molecule has 2 aromatic rings. The Hall–Kier alpha value is -2.33. The van der Waals surface area contributed by atoms with Crippen molar-refractivity contribution in [2.45, 2.75) is 0 Å². The number of hydrogen-bond acceptors (Lipinski definition) is 5. The Kier molecular flexibility index (Phi) is 4.60. The Labute approximate surface area is 130 Å². The van der Waals surface area contributed by atoms with Crippen molar-refractivity contribution in [1.29, 1.82) is 5.26 Å². The number of carbonyl (C=O) groups excluding carboxylic acids is 1. The molecule has 1 heterocycles. The molecule has 0 aliphatic heterocycles. The van der Waals surface area contributed by atoms with Gasteiger partial charge in [-0.1, -0.05) is 23.2 Å². The number of nitrogens with one attached hydrogen (secondary N) is 2. The number of benzene rings is 1. The van der Waals surface area contributed by atoms with Crippen molar-refractivity contribution >= 4 is 40.6 Å². The van der Waals surface area contributed by atoms with Crippen LogP contribution >= 0.6 is 23.2 Å². The number of hydrogen-bond donors (Lipinski definition) is 3. The third-order valence-corrected chi connectivity index (χ3v) is 3.17. The first kappa shape index (κ1) is 15.1. The van der Waals surface area contributed by atoms with Gasteiger partial charge in [0, 0.05) is 0 Å². The van der Waals surface area contributed by atoms with Gasteiger partial charge in [0.1, 0.15) is 11.5 Å². The van der Waals surface area contributed by atoms with Gasteiger partial charge in [-0.05, 0) is 30.3 Å². The van der Waals surface area contributed by atoms with Gasteiger partial charge >= 0.3 is 0 Å². The number of nitrogen functional groups attached to an aromatic ring is 1. The summed E-state index contributed by atoms with van der Waals surface area (Å²) in [6, 6.07) is 9.50. The predicted molar refractivity (Wildman–Crippen MR) is 81.2 cm³/mol. The van der Waals surface area contributed by atoms with Crippen LogP contribution in [0.1, 0.15) is 16.1 Å². The summed E-state index contributed by atoms with van der Waals surface area (Å²) in [5.74, 6) is 5.00. The molecule has 0 saturated carbocycles. The number of halogens is 2. The number of carbonyl (C=O) groups is 1. The molecule has 8 heteroatoms. The molecule has 2 rings (SSSR count). The molecule has 0 spiro atoms. The Morgan fingerprint density at radius 3 is 2.62 bits per heavy atom. The van der Waals surface area contributed by atoms with E-state index in [0.29, 0.717) is 17.1 Å². The van der Waals surface area contributed by atoms with Crippen LogP contribution in [-0.2, 0) is 0 Å². The van der Waals surface area contributed by atoms with Crippen LogP contribution in [0, 0.1) is 11.3 Å². The van der Waals surface area contributed by atoms with E-state index in [0.717, 1.165) is 0 Å². The Bertz CT molecular complexity index is 742. The number of rotatable bonds is 3. The smallest absolute Gasteiger partial charge is 0.275 e. The quantitative estimate of drug-likeness (QED) is 0.595. The number of aromatic nitrogens is 1. The standard InChI is InChI=1S/C13H9Cl2N5O/c14-8-2-4-11(20-17)19-12(8)13(21)18-10-3-1-7(6-16)5-9(10)15/h1-5H,17H2,(H,18,21)(H,19,20). The molecule has 0 aliphatic carbocycles. The van der Waals surface area contributed by atoms with Gasteiger partial charge in [-0.25, -0.2) is 10.8 Å². The van der Waals surface area contributed by atoms with E-state index < -0.39 is 5.91 Å². The molecule has 0 fully saturated rings. The largest absolute Gasteiger partial charge is 0.319 e. The van der Waals surface area contributed by atoms with Crippen molar-refractivity contribution in [1.82, 2.24) is 4.98 Å². The second-order valence-corrected chi connectivity index (χ2v) is 4.75. The lowest BCUT2D eigenvalue weighted by Gasteiger charge is -2.09. The van der Waals surface area contributed by atoms with Gasteiger partial charge in [-0.2, -0.15) is 5.26 Å². The summed E-state index contributed by atoms with van der Waals surface area (Å²) in [5.41, 5.74) is 3.08. The van der Waals surface area contributed by atoms with E-state index in [1.54, 1.807) is 0 Å². The molecule has 0 atom stereocenters. The van der Waals surface area contributed by atoms with Gasteiger partial charge in [0.05, 0.1) is 27.4 Å². The van der Waals surface area contributed by atoms with E-state index in [1.807, 2.05) is 6.07 Å². The summed E-state index contributed by atoms with van der Waals surface area (Å²) < 4.78 is 0. The van der Waals surface area contributed by atoms with Crippen LogP contribution in [0.3, 0.4) is 0 Å². The zero-order chi connectivity index (χ0) is 15.4. The average Bonchev–Trinajstić information content (AvgIpc) is 2.49. The van der Waals surface area contributed by atoms with Crippen molar-refractivity contribution in [2.24, 2.45) is 5.84 Å². The SMILES string of the molecule is N#Cc1ccc(NC(=O)c2nc(NN)ccc2Cl)c(Cl)c1. The number of amides is 1. The maximum absolute atomic E-state index is 12.2. The molecular weight excluding hydrogens is 313 g/mol. The third kappa shape index (κ3) is 3.41. The van der Waals surface area contributed by atoms with Gasteiger partial charge in [0.25, 0.3) is 5.91 Å². The Balaban J connectivity index is 2.28. The number of pyridine rings is 1. The normalized spacial score (nSPS) is 9.81. The van der Waals surface area contributed by atoms with Crippen molar-refractivity contribution in [3.8, 4) is 6.07 Å². The molecule has 1 aromatic heterocycles. The number of nitriles is 1. The highest BCUT2D eigenvalue weighted by Crippen LogP contribution is 2.24. The molecule has 6 nitrogen and oxygen atoms in total. The molecular formula is C13H9Cl2N5O. The summed E-state index contributed by atoms with van der Waals surface area (Å²) in [6.07, 6.45) is 0. The summed E-state index contributed by atoms with van der Waals surface area (Å²) in [7, 11) is 0. The van der Waals surface area contributed by atoms with E-state index >= 15 is 0 Å². The van der Waals surface area contributed by atoms with Crippen LogP contribution in [0.2, 0.25) is 10.0 Å². The molecule has 1 amide bonds. The maximum Gasteiger partial charge on any atom is 0.275 e. The molecule has 0 aliphatic rings. The average molecular weight is 322 g/mol. The lowest BCUT2D eigenvalue weighted by Crippen LogP contribution is -2.17. The van der Waals surface area contributed by atoms with E-state index in [4.69, 9.17) is 34.3 Å². The first-order chi connectivity index (χ1) is 10.0. The van der Waals surface area contributed by atoms with Crippen LogP contribution in [0.25, 0.3) is 0 Å². The zero-order valence-corrected chi connectivity index (χ0v) is 12.0. The molecule has 0 unspecified atom stereocenters. The van der Waals surface area contributed by atoms with E-state index in [9.17, 15) is 4.79 Å². The van der Waals surface area contributed by atoms with Crippen molar-refractivity contribution in [3.63, 3.8) is 0 Å². The zero-order valence-electron chi connectivity index (χ0n) is 10.5. The molecule has 0 saturated heterocycles. The van der Waals surface area contributed by atoms with Crippen molar-refractivity contribution in [3.05, 3.63) is 51.6 Å². The van der Waals surface area contributed by atoms with Gasteiger partial charge in [-0.15, -0.1) is 0 Å². The number of nitrogens with zero attached hydrogens (tertiary/aromatic N) is 2. The summed E-state index contributed by atoms with van der Waals surface area (Å²) in [6.45, 7) is 0. The van der Waals surface area contributed by atoms with Crippen molar-refractivity contribution < 1.29 is 4.79 Å². The van der Waals surface area contributed by atoms with Gasteiger partial charge in [0.2, 0.25) is 0 Å². The number of nitrogens with two attached hydrogens (primary N) is 1. The minimum absolute atomic E-state index is 0.00698. The number of hydrazine groups is 1.